The maximum Gasteiger partial charge on any atom is 0.305 e. The largest absolute Gasteiger partial charge is 0.469 e. The standard InChI is InChI=1S/C11H13BrClNO4S/c1-18-11(15)3-2-6-19(16,17)14-8-4-5-9(12)10(13)7-8/h4-5,7,14H,2-3,6H2,1H3. The normalized spacial score (nSPS) is 11.1. The molecule has 0 heterocycles. The Morgan fingerprint density at radius 1 is 1.47 bits per heavy atom. The van der Waals surface area contributed by atoms with Crippen molar-refractivity contribution in [1.82, 2.24) is 0 Å². The van der Waals surface area contributed by atoms with E-state index in [2.05, 4.69) is 25.4 Å². The van der Waals surface area contributed by atoms with Crippen molar-refractivity contribution in [2.75, 3.05) is 17.6 Å². The Balaban J connectivity index is 2.59. The van der Waals surface area contributed by atoms with Gasteiger partial charge in [-0.2, -0.15) is 0 Å². The highest BCUT2D eigenvalue weighted by atomic mass is 79.9. The Kier molecular flexibility index (Phi) is 6.09. The van der Waals surface area contributed by atoms with Crippen LogP contribution in [0.25, 0.3) is 0 Å². The van der Waals surface area contributed by atoms with Crippen molar-refractivity contribution < 1.29 is 17.9 Å². The van der Waals surface area contributed by atoms with E-state index >= 15 is 0 Å². The summed E-state index contributed by atoms with van der Waals surface area (Å²) in [5.74, 6) is -0.586. The lowest BCUT2D eigenvalue weighted by Gasteiger charge is -2.08. The molecule has 0 aromatic heterocycles. The van der Waals surface area contributed by atoms with Crippen molar-refractivity contribution >= 4 is 49.2 Å². The fourth-order valence-corrected chi connectivity index (χ4v) is 2.84. The van der Waals surface area contributed by atoms with E-state index in [0.717, 1.165) is 0 Å². The van der Waals surface area contributed by atoms with Gasteiger partial charge in [-0.1, -0.05) is 11.6 Å². The molecule has 0 aliphatic rings. The first-order chi connectivity index (χ1) is 8.84. The second-order valence-corrected chi connectivity index (χ2v) is 6.83. The lowest BCUT2D eigenvalue weighted by Crippen LogP contribution is -2.17. The highest BCUT2D eigenvalue weighted by molar-refractivity contribution is 9.10. The lowest BCUT2D eigenvalue weighted by atomic mass is 10.3. The van der Waals surface area contributed by atoms with Crippen LogP contribution >= 0.6 is 27.5 Å². The number of carbonyl (C=O) groups is 1. The number of ether oxygens (including phenoxy) is 1. The number of anilines is 1. The number of hydrogen-bond donors (Lipinski definition) is 1. The molecular weight excluding hydrogens is 358 g/mol. The minimum Gasteiger partial charge on any atom is -0.469 e. The predicted octanol–water partition coefficient (Wildman–Crippen LogP) is 2.80. The van der Waals surface area contributed by atoms with Gasteiger partial charge in [0.2, 0.25) is 10.0 Å². The maximum atomic E-state index is 11.7. The SMILES string of the molecule is COC(=O)CCCS(=O)(=O)Nc1ccc(Br)c(Cl)c1. The fourth-order valence-electron chi connectivity index (χ4n) is 1.30. The second-order valence-electron chi connectivity index (χ2n) is 3.73. The Morgan fingerprint density at radius 2 is 2.16 bits per heavy atom. The van der Waals surface area contributed by atoms with E-state index in [4.69, 9.17) is 11.6 Å². The van der Waals surface area contributed by atoms with Crippen molar-refractivity contribution in [3.8, 4) is 0 Å². The smallest absolute Gasteiger partial charge is 0.305 e. The number of hydrogen-bond acceptors (Lipinski definition) is 4. The van der Waals surface area contributed by atoms with Crippen LogP contribution in [-0.2, 0) is 19.6 Å². The van der Waals surface area contributed by atoms with E-state index in [1.807, 2.05) is 0 Å². The molecule has 0 amide bonds. The molecule has 5 nitrogen and oxygen atoms in total. The van der Waals surface area contributed by atoms with Gasteiger partial charge in [-0.25, -0.2) is 8.42 Å². The number of sulfonamides is 1. The zero-order valence-electron chi connectivity index (χ0n) is 10.2. The van der Waals surface area contributed by atoms with Gasteiger partial charge in [-0.05, 0) is 40.5 Å². The molecule has 1 aromatic rings. The van der Waals surface area contributed by atoms with E-state index < -0.39 is 16.0 Å². The minimum atomic E-state index is -3.50. The van der Waals surface area contributed by atoms with Crippen LogP contribution in [0.1, 0.15) is 12.8 Å². The van der Waals surface area contributed by atoms with Gasteiger partial charge >= 0.3 is 5.97 Å². The van der Waals surface area contributed by atoms with Crippen molar-refractivity contribution in [2.45, 2.75) is 12.8 Å². The molecule has 1 rings (SSSR count). The van der Waals surface area contributed by atoms with E-state index in [9.17, 15) is 13.2 Å². The average Bonchev–Trinajstić information content (AvgIpc) is 2.33. The monoisotopic (exact) mass is 369 g/mol. The van der Waals surface area contributed by atoms with Crippen LogP contribution in [-0.4, -0.2) is 27.2 Å². The number of nitrogens with one attached hydrogen (secondary N) is 1. The third kappa shape index (κ3) is 5.80. The summed E-state index contributed by atoms with van der Waals surface area (Å²) in [4.78, 5) is 10.9. The van der Waals surface area contributed by atoms with Gasteiger partial charge in [-0.3, -0.25) is 9.52 Å². The minimum absolute atomic E-state index is 0.0680. The van der Waals surface area contributed by atoms with Crippen LogP contribution in [0.5, 0.6) is 0 Å². The van der Waals surface area contributed by atoms with Gasteiger partial charge in [-0.15, -0.1) is 0 Å². The Bertz CT molecular complexity index is 562. The molecular formula is C11H13BrClNO4S. The van der Waals surface area contributed by atoms with Crippen LogP contribution in [0.3, 0.4) is 0 Å². The number of halogens is 2. The third-order valence-electron chi connectivity index (χ3n) is 2.21. The molecule has 0 aliphatic heterocycles. The summed E-state index contributed by atoms with van der Waals surface area (Å²) in [5, 5.41) is 0.412. The molecule has 0 radical (unpaired) electrons. The maximum absolute atomic E-state index is 11.7. The van der Waals surface area contributed by atoms with Gasteiger partial charge in [0.1, 0.15) is 0 Å². The summed E-state index contributed by atoms with van der Waals surface area (Å²) in [6.45, 7) is 0. The van der Waals surface area contributed by atoms with Gasteiger partial charge in [0, 0.05) is 10.9 Å². The van der Waals surface area contributed by atoms with Crippen LogP contribution in [0.15, 0.2) is 22.7 Å². The summed E-state index contributed by atoms with van der Waals surface area (Å²) >= 11 is 9.08. The van der Waals surface area contributed by atoms with Crippen LogP contribution in [0.2, 0.25) is 5.02 Å². The zero-order chi connectivity index (χ0) is 14.5. The van der Waals surface area contributed by atoms with Crippen molar-refractivity contribution in [3.05, 3.63) is 27.7 Å². The quantitative estimate of drug-likeness (QED) is 0.782. The first-order valence-electron chi connectivity index (χ1n) is 5.36. The van der Waals surface area contributed by atoms with Gasteiger partial charge in [0.25, 0.3) is 0 Å². The molecule has 0 unspecified atom stereocenters. The molecule has 0 bridgehead atoms. The molecule has 19 heavy (non-hydrogen) atoms. The molecule has 1 aromatic carbocycles. The Labute approximate surface area is 125 Å². The molecule has 0 fully saturated rings. The second kappa shape index (κ2) is 7.12. The van der Waals surface area contributed by atoms with E-state index in [1.54, 1.807) is 12.1 Å². The van der Waals surface area contributed by atoms with Gasteiger partial charge < -0.3 is 4.74 Å². The molecule has 106 valence electrons. The molecule has 1 N–H and O–H groups in total. The average molecular weight is 371 g/mol. The zero-order valence-corrected chi connectivity index (χ0v) is 13.3. The number of carbonyl (C=O) groups excluding carboxylic acids is 1. The molecule has 0 spiro atoms. The summed E-state index contributed by atoms with van der Waals surface area (Å²) in [6, 6.07) is 4.74. The Hall–Kier alpha value is -0.790. The number of rotatable bonds is 6. The number of methoxy groups -OCH3 is 1. The van der Waals surface area contributed by atoms with Crippen molar-refractivity contribution in [3.63, 3.8) is 0 Å². The van der Waals surface area contributed by atoms with E-state index in [-0.39, 0.29) is 18.6 Å². The summed E-state index contributed by atoms with van der Waals surface area (Å²) in [7, 11) is -2.24. The summed E-state index contributed by atoms with van der Waals surface area (Å²) in [6.07, 6.45) is 0.269. The highest BCUT2D eigenvalue weighted by Crippen LogP contribution is 2.26. The molecule has 0 saturated carbocycles. The van der Waals surface area contributed by atoms with E-state index in [1.165, 1.54) is 13.2 Å². The highest BCUT2D eigenvalue weighted by Gasteiger charge is 2.12. The lowest BCUT2D eigenvalue weighted by molar-refractivity contribution is -0.140. The van der Waals surface area contributed by atoms with Crippen molar-refractivity contribution in [1.29, 1.82) is 0 Å². The topological polar surface area (TPSA) is 72.5 Å². The van der Waals surface area contributed by atoms with Crippen LogP contribution < -0.4 is 4.72 Å². The molecule has 0 atom stereocenters. The van der Waals surface area contributed by atoms with Gasteiger partial charge in [0.15, 0.2) is 0 Å². The molecule has 8 heteroatoms. The Morgan fingerprint density at radius 3 is 2.74 bits per heavy atom. The van der Waals surface area contributed by atoms with Crippen LogP contribution in [0.4, 0.5) is 5.69 Å². The van der Waals surface area contributed by atoms with Gasteiger partial charge in [0.05, 0.1) is 23.6 Å². The molecule has 0 aliphatic carbocycles. The first-order valence-corrected chi connectivity index (χ1v) is 8.19. The fraction of sp³-hybridized carbons (Fsp3) is 0.364. The molecule has 0 saturated heterocycles. The third-order valence-corrected chi connectivity index (χ3v) is 4.82. The number of benzene rings is 1. The number of esters is 1. The summed E-state index contributed by atoms with van der Waals surface area (Å²) < 4.78 is 31.0. The van der Waals surface area contributed by atoms with Crippen molar-refractivity contribution in [2.24, 2.45) is 0 Å². The van der Waals surface area contributed by atoms with Crippen LogP contribution in [0, 0.1) is 0 Å². The first kappa shape index (κ1) is 16.3. The summed E-state index contributed by atoms with van der Waals surface area (Å²) in [5.41, 5.74) is 0.381. The van der Waals surface area contributed by atoms with E-state index in [0.29, 0.717) is 15.2 Å². The predicted molar refractivity (Wildman–Crippen MR) is 77.8 cm³/mol.